The monoisotopic (exact) mass is 382 g/mol. The predicted molar refractivity (Wildman–Crippen MR) is 85.5 cm³/mol. The van der Waals surface area contributed by atoms with Gasteiger partial charge in [-0.05, 0) is 0 Å². The van der Waals surface area contributed by atoms with Gasteiger partial charge < -0.3 is 10.6 Å². The Morgan fingerprint density at radius 3 is 1.25 bits per heavy atom. The molecule has 14 heteroatoms. The zero-order valence-corrected chi connectivity index (χ0v) is 18.3. The van der Waals surface area contributed by atoms with Gasteiger partial charge in [0.2, 0.25) is 0 Å². The van der Waals surface area contributed by atoms with E-state index in [0.717, 1.165) is 0 Å². The summed E-state index contributed by atoms with van der Waals surface area (Å²) in [4.78, 5) is 0.0352. The molecule has 0 aromatic carbocycles. The van der Waals surface area contributed by atoms with Crippen LogP contribution in [0.3, 0.4) is 0 Å². The average molecular weight is 382 g/mol. The van der Waals surface area contributed by atoms with Crippen molar-refractivity contribution in [2.45, 2.75) is 0 Å². The normalized spacial score (nSPS) is 10.7. The number of hydrogen-bond donors (Lipinski definition) is 4. The summed E-state index contributed by atoms with van der Waals surface area (Å²) in [6, 6.07) is 0. The Morgan fingerprint density at radius 1 is 0.800 bits per heavy atom. The van der Waals surface area contributed by atoms with Crippen LogP contribution in [0.15, 0.2) is 0 Å². The quantitative estimate of drug-likeness (QED) is 0.229. The number of hydrogen-bond acceptors (Lipinski definition) is 6. The van der Waals surface area contributed by atoms with Crippen LogP contribution in [0.4, 0.5) is 0 Å². The van der Waals surface area contributed by atoms with Crippen molar-refractivity contribution in [3.05, 3.63) is 0 Å². The van der Waals surface area contributed by atoms with Crippen LogP contribution in [0.2, 0.25) is 0 Å². The van der Waals surface area contributed by atoms with Gasteiger partial charge in [-0.3, -0.25) is 9.11 Å². The zero-order chi connectivity index (χ0) is 14.4. The Bertz CT molecular complexity index is 472. The van der Waals surface area contributed by atoms with Crippen molar-refractivity contribution in [2.24, 2.45) is 0 Å². The molecule has 20 heavy (non-hydrogen) atoms. The third kappa shape index (κ3) is 17.7. The fraction of sp³-hybridized carbons (Fsp3) is 0.667. The minimum Gasteiger partial charge on any atom is -0.373 e. The van der Waals surface area contributed by atoms with Gasteiger partial charge in [-0.2, -0.15) is 16.8 Å². The molecular weight excluding hydrogens is 370 g/mol. The molecule has 0 saturated carbocycles. The Balaban J connectivity index is -0.00000144. The van der Waals surface area contributed by atoms with E-state index < -0.39 is 31.7 Å². The van der Waals surface area contributed by atoms with Crippen LogP contribution in [0, 0.1) is 0 Å². The van der Waals surface area contributed by atoms with E-state index in [-0.39, 0.29) is 82.2 Å². The Morgan fingerprint density at radius 2 is 1.05 bits per heavy atom. The summed E-state index contributed by atoms with van der Waals surface area (Å²) < 4.78 is 58.5. The van der Waals surface area contributed by atoms with Gasteiger partial charge in [0, 0.05) is 72.2 Å². The van der Waals surface area contributed by atoms with Gasteiger partial charge in [0.05, 0.1) is 11.5 Å². The van der Waals surface area contributed by atoms with Crippen molar-refractivity contribution in [3.8, 4) is 0 Å². The summed E-state index contributed by atoms with van der Waals surface area (Å²) in [6.07, 6.45) is 0. The van der Waals surface area contributed by atoms with E-state index >= 15 is 0 Å². The predicted octanol–water partition coefficient (Wildman–Crippen LogP) is -2.17. The van der Waals surface area contributed by atoms with E-state index in [9.17, 15) is 16.8 Å². The second-order valence-electron chi connectivity index (χ2n) is 3.08. The third-order valence-electron chi connectivity index (χ3n) is 1.50. The summed E-state index contributed by atoms with van der Waals surface area (Å²) >= 11 is 9.54. The van der Waals surface area contributed by atoms with E-state index in [1.807, 2.05) is 0 Å². The number of nitrogens with one attached hydrogen (secondary N) is 2. The summed E-state index contributed by atoms with van der Waals surface area (Å²) in [6.45, 7) is -0.254. The van der Waals surface area contributed by atoms with Crippen LogP contribution in [0.25, 0.3) is 0 Å². The van der Waals surface area contributed by atoms with Crippen LogP contribution in [-0.4, -0.2) is 120 Å². The molecule has 0 atom stereocenters. The van der Waals surface area contributed by atoms with Crippen molar-refractivity contribution in [2.75, 3.05) is 24.6 Å². The first-order valence-corrected chi connectivity index (χ1v) is 8.51. The molecule has 0 aliphatic rings. The molecular formula is C6H12N2Na2O6S4. The van der Waals surface area contributed by atoms with Crippen LogP contribution < -0.4 is 10.6 Å². The molecule has 108 valence electrons. The number of rotatable bonds is 6. The van der Waals surface area contributed by atoms with Crippen molar-refractivity contribution in [3.63, 3.8) is 0 Å². The standard InChI is InChI=1S/C6H12N2O6S4.2Na/c9-17(10,11)3-1-7-5(15)6(16)8-2-4-18(12,13)14;;/h1-4H2,(H,7,15)(H,8,16)(H,9,10,11)(H,12,13,14);;. The van der Waals surface area contributed by atoms with Crippen LogP contribution in [-0.2, 0) is 20.2 Å². The Kier molecular flexibility index (Phi) is 16.0. The molecule has 0 saturated heterocycles. The average Bonchev–Trinajstić information content (AvgIpc) is 2.13. The van der Waals surface area contributed by atoms with Crippen molar-refractivity contribution < 1.29 is 25.9 Å². The molecule has 0 amide bonds. The SMILES string of the molecule is O=S(=O)(O)CCNC(=S)C(=S)NCCS(=O)(=O)O.[Na].[Na]. The molecule has 2 radical (unpaired) electrons. The molecule has 0 aliphatic carbocycles. The fourth-order valence-electron chi connectivity index (χ4n) is 0.748. The molecule has 0 rings (SSSR count). The van der Waals surface area contributed by atoms with Crippen molar-refractivity contribution in [1.82, 2.24) is 10.6 Å². The zero-order valence-electron chi connectivity index (χ0n) is 11.0. The minimum absolute atomic E-state index is 0. The maximum Gasteiger partial charge on any atom is 0.266 e. The molecule has 0 aromatic rings. The van der Waals surface area contributed by atoms with Crippen LogP contribution in [0.1, 0.15) is 0 Å². The molecule has 0 fully saturated rings. The molecule has 0 aromatic heterocycles. The third-order valence-corrected chi connectivity index (χ3v) is 3.76. The summed E-state index contributed by atoms with van der Waals surface area (Å²) in [7, 11) is -8.16. The molecule has 0 bridgehead atoms. The fourth-order valence-corrected chi connectivity index (χ4v) is 1.82. The second kappa shape index (κ2) is 12.1. The second-order valence-corrected chi connectivity index (χ2v) is 7.04. The smallest absolute Gasteiger partial charge is 0.266 e. The molecule has 8 nitrogen and oxygen atoms in total. The van der Waals surface area contributed by atoms with Gasteiger partial charge in [-0.25, -0.2) is 0 Å². The van der Waals surface area contributed by atoms with Crippen molar-refractivity contribution >= 4 is 114 Å². The topological polar surface area (TPSA) is 133 Å². The van der Waals surface area contributed by atoms with Gasteiger partial charge in [-0.15, -0.1) is 0 Å². The van der Waals surface area contributed by atoms with E-state index in [4.69, 9.17) is 33.5 Å². The number of thiocarbonyl (C=S) groups is 2. The summed E-state index contributed by atoms with van der Waals surface area (Å²) in [5, 5.41) is 4.93. The van der Waals surface area contributed by atoms with Gasteiger partial charge in [0.25, 0.3) is 20.2 Å². The summed E-state index contributed by atoms with van der Waals surface area (Å²) in [5.41, 5.74) is 0. The largest absolute Gasteiger partial charge is 0.373 e. The maximum absolute atomic E-state index is 10.4. The van der Waals surface area contributed by atoms with Gasteiger partial charge >= 0.3 is 0 Å². The van der Waals surface area contributed by atoms with E-state index in [0.29, 0.717) is 0 Å². The molecule has 0 spiro atoms. The van der Waals surface area contributed by atoms with E-state index in [2.05, 4.69) is 10.6 Å². The Hall–Kier alpha value is 1.60. The van der Waals surface area contributed by atoms with Crippen molar-refractivity contribution in [1.29, 1.82) is 0 Å². The van der Waals surface area contributed by atoms with Gasteiger partial charge in [0.1, 0.15) is 9.98 Å². The first kappa shape index (κ1) is 26.5. The molecule has 0 heterocycles. The molecule has 0 unspecified atom stereocenters. The maximum atomic E-state index is 10.4. The van der Waals surface area contributed by atoms with Crippen LogP contribution in [0.5, 0.6) is 0 Å². The minimum atomic E-state index is -4.08. The Labute approximate surface area is 172 Å². The van der Waals surface area contributed by atoms with Gasteiger partial charge in [-0.1, -0.05) is 24.4 Å². The first-order valence-electron chi connectivity index (χ1n) is 4.47. The van der Waals surface area contributed by atoms with Crippen LogP contribution >= 0.6 is 24.4 Å². The summed E-state index contributed by atoms with van der Waals surface area (Å²) in [5.74, 6) is -1.05. The van der Waals surface area contributed by atoms with Gasteiger partial charge in [0.15, 0.2) is 0 Å². The van der Waals surface area contributed by atoms with E-state index in [1.165, 1.54) is 0 Å². The molecule has 4 N–H and O–H groups in total. The molecule has 0 aliphatic heterocycles. The van der Waals surface area contributed by atoms with E-state index in [1.54, 1.807) is 0 Å². The first-order chi connectivity index (χ1) is 8.01.